The number of ether oxygens (including phenoxy) is 2. The highest BCUT2D eigenvalue weighted by Gasteiger charge is 2.17. The Balaban J connectivity index is 0.00000385. The van der Waals surface area contributed by atoms with Crippen molar-refractivity contribution >= 4 is 35.8 Å². The number of halogens is 1. The van der Waals surface area contributed by atoms with E-state index in [9.17, 15) is 0 Å². The molecule has 1 saturated heterocycles. The third kappa shape index (κ3) is 8.66. The summed E-state index contributed by atoms with van der Waals surface area (Å²) < 4.78 is 11.4. The van der Waals surface area contributed by atoms with Crippen molar-refractivity contribution in [3.63, 3.8) is 0 Å². The van der Waals surface area contributed by atoms with Gasteiger partial charge in [-0.05, 0) is 49.1 Å². The zero-order valence-electron chi connectivity index (χ0n) is 20.4. The fraction of sp³-hybridized carbons (Fsp3) is 0.520. The molecule has 2 aromatic rings. The number of anilines is 1. The van der Waals surface area contributed by atoms with Crippen LogP contribution in [-0.2, 0) is 11.3 Å². The van der Waals surface area contributed by atoms with Gasteiger partial charge in [-0.3, -0.25) is 4.99 Å². The Kier molecular flexibility index (Phi) is 11.2. The number of aromatic nitrogens is 1. The van der Waals surface area contributed by atoms with E-state index in [0.29, 0.717) is 12.5 Å². The van der Waals surface area contributed by atoms with Gasteiger partial charge in [0.05, 0.1) is 25.4 Å². The molecule has 0 spiro atoms. The van der Waals surface area contributed by atoms with Crippen LogP contribution in [0.4, 0.5) is 5.82 Å². The lowest BCUT2D eigenvalue weighted by Gasteiger charge is -2.32. The Morgan fingerprint density at radius 2 is 1.97 bits per heavy atom. The van der Waals surface area contributed by atoms with Gasteiger partial charge in [-0.1, -0.05) is 32.0 Å². The number of aliphatic imine (C=N–C) groups is 1. The quantitative estimate of drug-likeness (QED) is 0.280. The van der Waals surface area contributed by atoms with Crippen molar-refractivity contribution < 1.29 is 9.47 Å². The molecule has 0 amide bonds. The summed E-state index contributed by atoms with van der Waals surface area (Å²) >= 11 is 0. The van der Waals surface area contributed by atoms with Gasteiger partial charge in [0.25, 0.3) is 0 Å². The van der Waals surface area contributed by atoms with Gasteiger partial charge in [-0.25, -0.2) is 4.98 Å². The topological polar surface area (TPSA) is 71.0 Å². The number of benzene rings is 1. The van der Waals surface area contributed by atoms with Gasteiger partial charge in [0.2, 0.25) is 0 Å². The van der Waals surface area contributed by atoms with Crippen LogP contribution in [0.15, 0.2) is 47.6 Å². The first-order valence-electron chi connectivity index (χ1n) is 11.5. The summed E-state index contributed by atoms with van der Waals surface area (Å²) in [5, 5.41) is 6.82. The minimum atomic E-state index is 0. The van der Waals surface area contributed by atoms with E-state index in [1.165, 1.54) is 5.56 Å². The van der Waals surface area contributed by atoms with Gasteiger partial charge in [0.1, 0.15) is 11.6 Å². The minimum Gasteiger partial charge on any atom is -0.493 e. The molecular weight excluding hydrogens is 529 g/mol. The summed E-state index contributed by atoms with van der Waals surface area (Å²) in [5.74, 6) is 3.17. The zero-order valence-corrected chi connectivity index (χ0v) is 22.7. The van der Waals surface area contributed by atoms with Crippen LogP contribution in [0.25, 0.3) is 0 Å². The van der Waals surface area contributed by atoms with Crippen LogP contribution in [-0.4, -0.2) is 50.4 Å². The molecule has 0 bridgehead atoms. The fourth-order valence-corrected chi connectivity index (χ4v) is 3.52. The second-order valence-corrected chi connectivity index (χ2v) is 8.72. The van der Waals surface area contributed by atoms with Gasteiger partial charge in [0.15, 0.2) is 5.96 Å². The first-order chi connectivity index (χ1) is 15.4. The first-order valence-corrected chi connectivity index (χ1v) is 11.5. The van der Waals surface area contributed by atoms with Crippen LogP contribution >= 0.6 is 24.0 Å². The number of hydrogen-bond donors (Lipinski definition) is 2. The maximum Gasteiger partial charge on any atom is 0.191 e. The highest BCUT2D eigenvalue weighted by atomic mass is 127. The predicted octanol–water partition coefficient (Wildman–Crippen LogP) is 4.39. The molecule has 1 fully saturated rings. The van der Waals surface area contributed by atoms with Crippen LogP contribution in [0, 0.1) is 5.92 Å². The molecule has 182 valence electrons. The van der Waals surface area contributed by atoms with E-state index in [1.54, 1.807) is 7.05 Å². The molecule has 1 aliphatic heterocycles. The second-order valence-electron chi connectivity index (χ2n) is 8.72. The Morgan fingerprint density at radius 1 is 1.21 bits per heavy atom. The van der Waals surface area contributed by atoms with Crippen LogP contribution in [0.2, 0.25) is 0 Å². The minimum absolute atomic E-state index is 0. The lowest BCUT2D eigenvalue weighted by Crippen LogP contribution is -2.41. The highest BCUT2D eigenvalue weighted by molar-refractivity contribution is 14.0. The lowest BCUT2D eigenvalue weighted by molar-refractivity contribution is 0.0529. The Hall–Kier alpha value is -2.07. The van der Waals surface area contributed by atoms with E-state index in [1.807, 2.05) is 18.3 Å². The normalized spacial score (nSPS) is 17.3. The number of morpholine rings is 1. The summed E-state index contributed by atoms with van der Waals surface area (Å²) in [6, 6.07) is 12.5. The molecule has 3 rings (SSSR count). The number of nitrogens with zero attached hydrogens (tertiary/aromatic N) is 3. The maximum absolute atomic E-state index is 5.77. The Morgan fingerprint density at radius 3 is 2.58 bits per heavy atom. The molecule has 1 aliphatic rings. The molecule has 2 atom stereocenters. The van der Waals surface area contributed by atoms with Gasteiger partial charge in [-0.2, -0.15) is 0 Å². The molecule has 2 unspecified atom stereocenters. The van der Waals surface area contributed by atoms with Gasteiger partial charge in [0, 0.05) is 32.9 Å². The number of rotatable bonds is 8. The van der Waals surface area contributed by atoms with Crippen molar-refractivity contribution in [2.45, 2.75) is 46.4 Å². The van der Waals surface area contributed by atoms with Crippen molar-refractivity contribution in [1.29, 1.82) is 0 Å². The second kappa shape index (κ2) is 13.6. The van der Waals surface area contributed by atoms with Crippen LogP contribution < -0.4 is 20.3 Å². The van der Waals surface area contributed by atoms with Gasteiger partial charge >= 0.3 is 0 Å². The molecule has 0 aliphatic carbocycles. The number of guanidine groups is 1. The molecular formula is C25H38IN5O2. The fourth-order valence-electron chi connectivity index (χ4n) is 3.52. The highest BCUT2D eigenvalue weighted by Crippen LogP contribution is 2.18. The molecule has 33 heavy (non-hydrogen) atoms. The number of nitrogens with one attached hydrogen (secondary N) is 2. The molecule has 2 N–H and O–H groups in total. The standard InChI is InChI=1S/C25H37N5O2.HI/c1-18(2)17-32-23-9-7-22(8-10-23)20(4)29-25(26-5)28-15-21-6-11-24(27-14-21)30-12-13-31-19(3)16-30;/h6-11,14,18-20H,12-13,15-17H2,1-5H3,(H2,26,28,29);1H. The number of pyridine rings is 1. The molecule has 1 aromatic carbocycles. The Labute approximate surface area is 215 Å². The molecule has 0 saturated carbocycles. The largest absolute Gasteiger partial charge is 0.493 e. The molecule has 2 heterocycles. The van der Waals surface area contributed by atoms with E-state index >= 15 is 0 Å². The summed E-state index contributed by atoms with van der Waals surface area (Å²) in [6.45, 7) is 12.4. The van der Waals surface area contributed by atoms with E-state index in [2.05, 4.69) is 77.5 Å². The third-order valence-corrected chi connectivity index (χ3v) is 5.37. The van der Waals surface area contributed by atoms with Gasteiger partial charge < -0.3 is 25.0 Å². The van der Waals surface area contributed by atoms with Crippen LogP contribution in [0.1, 0.15) is 44.9 Å². The van der Waals surface area contributed by atoms with Crippen molar-refractivity contribution in [3.8, 4) is 5.75 Å². The average molecular weight is 568 g/mol. The van der Waals surface area contributed by atoms with Gasteiger partial charge in [-0.15, -0.1) is 24.0 Å². The van der Waals surface area contributed by atoms with E-state index in [4.69, 9.17) is 9.47 Å². The van der Waals surface area contributed by atoms with E-state index < -0.39 is 0 Å². The zero-order chi connectivity index (χ0) is 22.9. The summed E-state index contributed by atoms with van der Waals surface area (Å²) in [4.78, 5) is 11.3. The van der Waals surface area contributed by atoms with E-state index in [0.717, 1.165) is 49.4 Å². The van der Waals surface area contributed by atoms with Crippen LogP contribution in [0.3, 0.4) is 0 Å². The van der Waals surface area contributed by atoms with Crippen molar-refractivity contribution in [3.05, 3.63) is 53.7 Å². The lowest BCUT2D eigenvalue weighted by atomic mass is 10.1. The summed E-state index contributed by atoms with van der Waals surface area (Å²) in [6.07, 6.45) is 2.17. The van der Waals surface area contributed by atoms with Crippen molar-refractivity contribution in [2.24, 2.45) is 10.9 Å². The molecule has 8 heteroatoms. The summed E-state index contributed by atoms with van der Waals surface area (Å²) in [7, 11) is 1.78. The van der Waals surface area contributed by atoms with Crippen LogP contribution in [0.5, 0.6) is 5.75 Å². The van der Waals surface area contributed by atoms with Crippen molar-refractivity contribution in [2.75, 3.05) is 38.3 Å². The average Bonchev–Trinajstić information content (AvgIpc) is 2.81. The predicted molar refractivity (Wildman–Crippen MR) is 146 cm³/mol. The first kappa shape index (κ1) is 27.2. The molecule has 1 aromatic heterocycles. The Bertz CT molecular complexity index is 858. The monoisotopic (exact) mass is 567 g/mol. The van der Waals surface area contributed by atoms with Crippen molar-refractivity contribution in [1.82, 2.24) is 15.6 Å². The summed E-state index contributed by atoms with van der Waals surface area (Å²) in [5.41, 5.74) is 2.29. The number of hydrogen-bond acceptors (Lipinski definition) is 5. The maximum atomic E-state index is 5.77. The third-order valence-electron chi connectivity index (χ3n) is 5.37. The molecule has 0 radical (unpaired) electrons. The molecule has 7 nitrogen and oxygen atoms in total. The SMILES string of the molecule is CN=C(NCc1ccc(N2CCOC(C)C2)nc1)NC(C)c1ccc(OCC(C)C)cc1.I. The van der Waals surface area contributed by atoms with E-state index in [-0.39, 0.29) is 36.1 Å². The smallest absolute Gasteiger partial charge is 0.191 e.